The van der Waals surface area contributed by atoms with Crippen molar-refractivity contribution in [1.29, 1.82) is 0 Å². The minimum Gasteiger partial charge on any atom is -0.389 e. The SMILES string of the molecule is Cc1cccc(CNC(=O)NCC(O)COCC2CC2)c1. The summed E-state index contributed by atoms with van der Waals surface area (Å²) in [5.41, 5.74) is 2.22. The molecule has 116 valence electrons. The van der Waals surface area contributed by atoms with Crippen LogP contribution in [0.2, 0.25) is 0 Å². The van der Waals surface area contributed by atoms with Crippen molar-refractivity contribution in [3.05, 3.63) is 35.4 Å². The van der Waals surface area contributed by atoms with E-state index in [1.165, 1.54) is 12.8 Å². The number of hydrogen-bond acceptors (Lipinski definition) is 3. The zero-order chi connectivity index (χ0) is 15.1. The summed E-state index contributed by atoms with van der Waals surface area (Å²) >= 11 is 0. The van der Waals surface area contributed by atoms with E-state index in [1.54, 1.807) is 0 Å². The summed E-state index contributed by atoms with van der Waals surface area (Å²) in [6.45, 7) is 3.68. The van der Waals surface area contributed by atoms with Crippen molar-refractivity contribution >= 4 is 6.03 Å². The van der Waals surface area contributed by atoms with Gasteiger partial charge in [0.1, 0.15) is 0 Å². The van der Waals surface area contributed by atoms with Crippen LogP contribution in [0, 0.1) is 12.8 Å². The van der Waals surface area contributed by atoms with Crippen molar-refractivity contribution in [3.8, 4) is 0 Å². The highest BCUT2D eigenvalue weighted by molar-refractivity contribution is 5.73. The maximum Gasteiger partial charge on any atom is 0.315 e. The fraction of sp³-hybridized carbons (Fsp3) is 0.562. The standard InChI is InChI=1S/C16H24N2O3/c1-12-3-2-4-14(7-12)8-17-16(20)18-9-15(19)11-21-10-13-5-6-13/h2-4,7,13,15,19H,5-6,8-11H2,1H3,(H2,17,18,20). The van der Waals surface area contributed by atoms with Crippen molar-refractivity contribution in [2.75, 3.05) is 19.8 Å². The van der Waals surface area contributed by atoms with Crippen molar-refractivity contribution in [1.82, 2.24) is 10.6 Å². The maximum atomic E-state index is 11.6. The number of benzene rings is 1. The van der Waals surface area contributed by atoms with E-state index in [4.69, 9.17) is 4.74 Å². The second kappa shape index (κ2) is 8.00. The summed E-state index contributed by atoms with van der Waals surface area (Å²) in [5.74, 6) is 0.683. The number of ether oxygens (including phenoxy) is 1. The molecule has 5 heteroatoms. The van der Waals surface area contributed by atoms with E-state index in [-0.39, 0.29) is 19.2 Å². The van der Waals surface area contributed by atoms with Crippen LogP contribution in [0.15, 0.2) is 24.3 Å². The number of nitrogens with one attached hydrogen (secondary N) is 2. The van der Waals surface area contributed by atoms with Crippen LogP contribution in [-0.4, -0.2) is 37.0 Å². The highest BCUT2D eigenvalue weighted by Crippen LogP contribution is 2.28. The zero-order valence-corrected chi connectivity index (χ0v) is 12.5. The van der Waals surface area contributed by atoms with Crippen LogP contribution in [0.3, 0.4) is 0 Å². The Morgan fingerprint density at radius 3 is 2.95 bits per heavy atom. The van der Waals surface area contributed by atoms with E-state index < -0.39 is 6.10 Å². The zero-order valence-electron chi connectivity index (χ0n) is 12.5. The topological polar surface area (TPSA) is 70.6 Å². The summed E-state index contributed by atoms with van der Waals surface area (Å²) in [6, 6.07) is 7.69. The Labute approximate surface area is 125 Å². The van der Waals surface area contributed by atoms with Crippen molar-refractivity contribution < 1.29 is 14.6 Å². The molecule has 1 aliphatic carbocycles. The Bertz CT molecular complexity index is 461. The van der Waals surface area contributed by atoms with Crippen LogP contribution in [0.5, 0.6) is 0 Å². The molecule has 1 fully saturated rings. The molecule has 0 bridgehead atoms. The number of aryl methyl sites for hydroxylation is 1. The predicted octanol–water partition coefficient (Wildman–Crippen LogP) is 1.58. The Balaban J connectivity index is 1.55. The van der Waals surface area contributed by atoms with Crippen molar-refractivity contribution in [2.24, 2.45) is 5.92 Å². The lowest BCUT2D eigenvalue weighted by Crippen LogP contribution is -2.40. The molecule has 1 aromatic carbocycles. The molecule has 1 aromatic rings. The lowest BCUT2D eigenvalue weighted by molar-refractivity contribution is 0.0337. The Kier molecular flexibility index (Phi) is 6.02. The molecular formula is C16H24N2O3. The van der Waals surface area contributed by atoms with E-state index in [0.717, 1.165) is 17.7 Å². The summed E-state index contributed by atoms with van der Waals surface area (Å²) in [6.07, 6.45) is 1.80. The summed E-state index contributed by atoms with van der Waals surface area (Å²) in [4.78, 5) is 11.6. The van der Waals surface area contributed by atoms with Gasteiger partial charge >= 0.3 is 6.03 Å². The highest BCUT2D eigenvalue weighted by atomic mass is 16.5. The van der Waals surface area contributed by atoms with Crippen molar-refractivity contribution in [3.63, 3.8) is 0 Å². The molecule has 0 aliphatic heterocycles. The monoisotopic (exact) mass is 292 g/mol. The van der Waals surface area contributed by atoms with E-state index >= 15 is 0 Å². The smallest absolute Gasteiger partial charge is 0.315 e. The predicted molar refractivity (Wildman–Crippen MR) is 81.0 cm³/mol. The number of aliphatic hydroxyl groups excluding tert-OH is 1. The van der Waals surface area contributed by atoms with Crippen LogP contribution in [-0.2, 0) is 11.3 Å². The Morgan fingerprint density at radius 2 is 2.24 bits per heavy atom. The van der Waals surface area contributed by atoms with E-state index in [2.05, 4.69) is 10.6 Å². The number of urea groups is 1. The van der Waals surface area contributed by atoms with Gasteiger partial charge in [0.2, 0.25) is 0 Å². The van der Waals surface area contributed by atoms with Crippen LogP contribution in [0.4, 0.5) is 4.79 Å². The van der Waals surface area contributed by atoms with Gasteiger partial charge in [-0.05, 0) is 31.2 Å². The fourth-order valence-electron chi connectivity index (χ4n) is 1.99. The third-order valence-corrected chi connectivity index (χ3v) is 3.39. The first-order valence-corrected chi connectivity index (χ1v) is 7.46. The minimum atomic E-state index is -0.659. The molecule has 2 amide bonds. The van der Waals surface area contributed by atoms with Gasteiger partial charge in [-0.25, -0.2) is 4.79 Å². The van der Waals surface area contributed by atoms with Gasteiger partial charge in [0.05, 0.1) is 12.7 Å². The molecule has 1 atom stereocenters. The van der Waals surface area contributed by atoms with Gasteiger partial charge < -0.3 is 20.5 Å². The first kappa shape index (κ1) is 15.8. The molecule has 0 heterocycles. The Morgan fingerprint density at radius 1 is 1.43 bits per heavy atom. The van der Waals surface area contributed by atoms with E-state index in [1.807, 2.05) is 31.2 Å². The maximum absolute atomic E-state index is 11.6. The molecule has 1 unspecified atom stereocenters. The normalized spacial score (nSPS) is 15.5. The highest BCUT2D eigenvalue weighted by Gasteiger charge is 2.21. The number of carbonyl (C=O) groups is 1. The Hall–Kier alpha value is -1.59. The van der Waals surface area contributed by atoms with Crippen molar-refractivity contribution in [2.45, 2.75) is 32.4 Å². The largest absolute Gasteiger partial charge is 0.389 e. The molecule has 0 aromatic heterocycles. The average molecular weight is 292 g/mol. The molecule has 2 rings (SSSR count). The lowest BCUT2D eigenvalue weighted by Gasteiger charge is -2.13. The van der Waals surface area contributed by atoms with Gasteiger partial charge in [-0.2, -0.15) is 0 Å². The second-order valence-corrected chi connectivity index (χ2v) is 5.69. The average Bonchev–Trinajstić information content (AvgIpc) is 3.27. The number of rotatable bonds is 8. The first-order chi connectivity index (χ1) is 10.1. The van der Waals surface area contributed by atoms with Gasteiger partial charge in [-0.3, -0.25) is 0 Å². The number of aliphatic hydroxyl groups is 1. The lowest BCUT2D eigenvalue weighted by atomic mass is 10.1. The van der Waals surface area contributed by atoms with Gasteiger partial charge in [0.25, 0.3) is 0 Å². The fourth-order valence-corrected chi connectivity index (χ4v) is 1.99. The first-order valence-electron chi connectivity index (χ1n) is 7.46. The van der Waals surface area contributed by atoms with Crippen LogP contribution < -0.4 is 10.6 Å². The second-order valence-electron chi connectivity index (χ2n) is 5.69. The molecule has 1 aliphatic rings. The summed E-state index contributed by atoms with van der Waals surface area (Å²) in [5, 5.41) is 15.1. The van der Waals surface area contributed by atoms with Crippen LogP contribution >= 0.6 is 0 Å². The molecule has 5 nitrogen and oxygen atoms in total. The van der Waals surface area contributed by atoms with E-state index in [9.17, 15) is 9.90 Å². The van der Waals surface area contributed by atoms with Gasteiger partial charge in [0, 0.05) is 19.7 Å². The molecule has 3 N–H and O–H groups in total. The number of hydrogen-bond donors (Lipinski definition) is 3. The van der Waals surface area contributed by atoms with Gasteiger partial charge in [-0.15, -0.1) is 0 Å². The van der Waals surface area contributed by atoms with Gasteiger partial charge in [0.15, 0.2) is 0 Å². The van der Waals surface area contributed by atoms with Gasteiger partial charge in [-0.1, -0.05) is 29.8 Å². The van der Waals surface area contributed by atoms with Crippen LogP contribution in [0.25, 0.3) is 0 Å². The third-order valence-electron chi connectivity index (χ3n) is 3.39. The third kappa shape index (κ3) is 6.60. The molecular weight excluding hydrogens is 268 g/mol. The number of carbonyl (C=O) groups excluding carboxylic acids is 1. The summed E-state index contributed by atoms with van der Waals surface area (Å²) in [7, 11) is 0. The number of amides is 2. The molecule has 0 spiro atoms. The minimum absolute atomic E-state index is 0.199. The molecule has 0 radical (unpaired) electrons. The summed E-state index contributed by atoms with van der Waals surface area (Å²) < 4.78 is 5.37. The molecule has 0 saturated heterocycles. The van der Waals surface area contributed by atoms with Crippen LogP contribution in [0.1, 0.15) is 24.0 Å². The van der Waals surface area contributed by atoms with E-state index in [0.29, 0.717) is 12.5 Å². The molecule has 1 saturated carbocycles. The quantitative estimate of drug-likeness (QED) is 0.681. The molecule has 21 heavy (non-hydrogen) atoms.